The number of carbonyl (C=O) groups excluding carboxylic acids is 1. The van der Waals surface area contributed by atoms with Gasteiger partial charge in [0.1, 0.15) is 0 Å². The molecule has 0 saturated carbocycles. The number of rotatable bonds is 10. The summed E-state index contributed by atoms with van der Waals surface area (Å²) in [6.07, 6.45) is 0.293. The van der Waals surface area contributed by atoms with Crippen molar-refractivity contribution < 1.29 is 23.7 Å². The first-order valence-corrected chi connectivity index (χ1v) is 9.42. The Morgan fingerprint density at radius 1 is 0.852 bits per heavy atom. The predicted octanol–water partition coefficient (Wildman–Crippen LogP) is 3.17. The third kappa shape index (κ3) is 5.99. The fourth-order valence-corrected chi connectivity index (χ4v) is 3.30. The first kappa shape index (κ1) is 20.8. The van der Waals surface area contributed by atoms with E-state index in [1.807, 2.05) is 30.3 Å². The molecule has 0 fully saturated rings. The monoisotopic (exact) mass is 391 g/mol. The summed E-state index contributed by atoms with van der Waals surface area (Å²) in [6, 6.07) is 11.2. The molecular weight excluding hydrogens is 366 g/mol. The molecule has 0 heterocycles. The Hall–Kier alpha value is -2.54. The molecule has 6 nitrogen and oxygen atoms in total. The molecular formula is C20H25NO5S. The fraction of sp³-hybridized carbons (Fsp3) is 0.350. The Kier molecular flexibility index (Phi) is 8.13. The molecule has 1 amide bonds. The molecule has 0 aliphatic heterocycles. The van der Waals surface area contributed by atoms with Crippen LogP contribution >= 0.6 is 11.8 Å². The maximum Gasteiger partial charge on any atom is 0.224 e. The minimum absolute atomic E-state index is 0.0323. The van der Waals surface area contributed by atoms with Crippen molar-refractivity contribution in [3.05, 3.63) is 42.0 Å². The number of methoxy groups -OCH3 is 4. The van der Waals surface area contributed by atoms with Gasteiger partial charge < -0.3 is 24.3 Å². The molecule has 2 rings (SSSR count). The Balaban J connectivity index is 1.79. The van der Waals surface area contributed by atoms with Crippen LogP contribution in [0.15, 0.2) is 41.3 Å². The summed E-state index contributed by atoms with van der Waals surface area (Å²) in [5.74, 6) is 3.38. The highest BCUT2D eigenvalue weighted by atomic mass is 32.2. The van der Waals surface area contributed by atoms with Gasteiger partial charge in [0.2, 0.25) is 5.91 Å². The second-order valence-corrected chi connectivity index (χ2v) is 6.75. The third-order valence-corrected chi connectivity index (χ3v) is 4.86. The quantitative estimate of drug-likeness (QED) is 0.496. The lowest BCUT2D eigenvalue weighted by molar-refractivity contribution is -0.120. The van der Waals surface area contributed by atoms with Gasteiger partial charge in [0, 0.05) is 17.2 Å². The number of carbonyl (C=O) groups is 1. The maximum absolute atomic E-state index is 12.1. The maximum atomic E-state index is 12.1. The molecule has 2 aromatic rings. The zero-order valence-electron chi connectivity index (χ0n) is 16.0. The van der Waals surface area contributed by atoms with E-state index in [0.717, 1.165) is 16.2 Å². The minimum Gasteiger partial charge on any atom is -0.493 e. The van der Waals surface area contributed by atoms with Crippen LogP contribution in [-0.4, -0.2) is 46.6 Å². The van der Waals surface area contributed by atoms with Crippen LogP contribution in [0.2, 0.25) is 0 Å². The van der Waals surface area contributed by atoms with E-state index < -0.39 is 0 Å². The summed E-state index contributed by atoms with van der Waals surface area (Å²) in [4.78, 5) is 13.2. The van der Waals surface area contributed by atoms with Gasteiger partial charge in [-0.2, -0.15) is 0 Å². The first-order chi connectivity index (χ1) is 13.1. The highest BCUT2D eigenvalue weighted by molar-refractivity contribution is 7.99. The van der Waals surface area contributed by atoms with Crippen LogP contribution in [0.5, 0.6) is 23.0 Å². The molecule has 0 aliphatic rings. The zero-order chi connectivity index (χ0) is 19.6. The van der Waals surface area contributed by atoms with Gasteiger partial charge in [-0.15, -0.1) is 11.8 Å². The summed E-state index contributed by atoms with van der Waals surface area (Å²) in [5, 5.41) is 2.93. The zero-order valence-corrected chi connectivity index (χ0v) is 16.9. The molecule has 1 N–H and O–H groups in total. The number of hydrogen-bond acceptors (Lipinski definition) is 6. The van der Waals surface area contributed by atoms with Crippen molar-refractivity contribution in [2.75, 3.05) is 40.7 Å². The van der Waals surface area contributed by atoms with Gasteiger partial charge >= 0.3 is 0 Å². The van der Waals surface area contributed by atoms with E-state index in [1.165, 1.54) is 0 Å². The molecule has 0 saturated heterocycles. The smallest absolute Gasteiger partial charge is 0.224 e. The largest absolute Gasteiger partial charge is 0.493 e. The Labute approximate surface area is 164 Å². The topological polar surface area (TPSA) is 66.0 Å². The van der Waals surface area contributed by atoms with E-state index in [0.29, 0.717) is 36.0 Å². The van der Waals surface area contributed by atoms with Crippen LogP contribution in [0.3, 0.4) is 0 Å². The molecule has 0 atom stereocenters. The number of amides is 1. The molecule has 0 radical (unpaired) electrons. The van der Waals surface area contributed by atoms with Crippen molar-refractivity contribution in [3.63, 3.8) is 0 Å². The number of thioether (sulfide) groups is 1. The molecule has 146 valence electrons. The van der Waals surface area contributed by atoms with E-state index in [-0.39, 0.29) is 5.91 Å². The van der Waals surface area contributed by atoms with Crippen LogP contribution < -0.4 is 24.3 Å². The molecule has 2 aromatic carbocycles. The fourth-order valence-electron chi connectivity index (χ4n) is 2.50. The van der Waals surface area contributed by atoms with E-state index in [2.05, 4.69) is 5.32 Å². The number of benzene rings is 2. The van der Waals surface area contributed by atoms with Crippen molar-refractivity contribution in [2.24, 2.45) is 0 Å². The lowest BCUT2D eigenvalue weighted by Gasteiger charge is -2.10. The summed E-state index contributed by atoms with van der Waals surface area (Å²) >= 11 is 1.64. The van der Waals surface area contributed by atoms with Gasteiger partial charge in [0.05, 0.1) is 34.9 Å². The lowest BCUT2D eigenvalue weighted by Crippen LogP contribution is -2.27. The molecule has 0 unspecified atom stereocenters. The van der Waals surface area contributed by atoms with E-state index in [4.69, 9.17) is 18.9 Å². The number of hydrogen-bond donors (Lipinski definition) is 1. The van der Waals surface area contributed by atoms with E-state index >= 15 is 0 Å². The minimum atomic E-state index is -0.0323. The first-order valence-electron chi connectivity index (χ1n) is 8.43. The van der Waals surface area contributed by atoms with Crippen LogP contribution in [0.25, 0.3) is 0 Å². The summed E-state index contributed by atoms with van der Waals surface area (Å²) in [6.45, 7) is 0.575. The Morgan fingerprint density at radius 3 is 2.07 bits per heavy atom. The van der Waals surface area contributed by atoms with Gasteiger partial charge in [-0.25, -0.2) is 0 Å². The average molecular weight is 391 g/mol. The highest BCUT2D eigenvalue weighted by Crippen LogP contribution is 2.31. The lowest BCUT2D eigenvalue weighted by atomic mass is 10.1. The average Bonchev–Trinajstić information content (AvgIpc) is 2.70. The molecule has 0 spiro atoms. The standard InChI is InChI=1S/C20H25NO5S/c1-23-16-7-5-14(11-18(16)25-3)12-20(22)21-9-10-27-15-6-8-17(24-2)19(13-15)26-4/h5-8,11,13H,9-10,12H2,1-4H3,(H,21,22). The SMILES string of the molecule is COc1ccc(CC(=O)NCCSc2ccc(OC)c(OC)c2)cc1OC. The Morgan fingerprint density at radius 2 is 1.44 bits per heavy atom. The Bertz CT molecular complexity index is 766. The third-order valence-electron chi connectivity index (χ3n) is 3.86. The number of ether oxygens (including phenoxy) is 4. The van der Waals surface area contributed by atoms with Crippen molar-refractivity contribution >= 4 is 17.7 Å². The van der Waals surface area contributed by atoms with Gasteiger partial charge in [-0.1, -0.05) is 6.07 Å². The van der Waals surface area contributed by atoms with Gasteiger partial charge in [-0.05, 0) is 35.9 Å². The van der Waals surface area contributed by atoms with Crippen LogP contribution in [0.4, 0.5) is 0 Å². The predicted molar refractivity (Wildman–Crippen MR) is 107 cm³/mol. The van der Waals surface area contributed by atoms with Crippen molar-refractivity contribution in [1.29, 1.82) is 0 Å². The van der Waals surface area contributed by atoms with Crippen molar-refractivity contribution in [1.82, 2.24) is 5.32 Å². The summed E-state index contributed by atoms with van der Waals surface area (Å²) in [7, 11) is 6.38. The van der Waals surface area contributed by atoms with E-state index in [9.17, 15) is 4.79 Å². The molecule has 0 bridgehead atoms. The molecule has 27 heavy (non-hydrogen) atoms. The van der Waals surface area contributed by atoms with Crippen LogP contribution in [0, 0.1) is 0 Å². The van der Waals surface area contributed by atoms with Crippen molar-refractivity contribution in [3.8, 4) is 23.0 Å². The van der Waals surface area contributed by atoms with Gasteiger partial charge in [0.25, 0.3) is 0 Å². The van der Waals surface area contributed by atoms with Crippen LogP contribution in [-0.2, 0) is 11.2 Å². The molecule has 7 heteroatoms. The molecule has 0 aromatic heterocycles. The normalized spacial score (nSPS) is 10.2. The summed E-state index contributed by atoms with van der Waals surface area (Å²) < 4.78 is 21.0. The summed E-state index contributed by atoms with van der Waals surface area (Å²) in [5.41, 5.74) is 0.873. The molecule has 0 aliphatic carbocycles. The second-order valence-electron chi connectivity index (χ2n) is 5.58. The van der Waals surface area contributed by atoms with E-state index in [1.54, 1.807) is 46.3 Å². The van der Waals surface area contributed by atoms with Crippen molar-refractivity contribution in [2.45, 2.75) is 11.3 Å². The second kappa shape index (κ2) is 10.6. The van der Waals surface area contributed by atoms with Gasteiger partial charge in [0.15, 0.2) is 23.0 Å². The highest BCUT2D eigenvalue weighted by Gasteiger charge is 2.09. The number of nitrogens with one attached hydrogen (secondary N) is 1. The van der Waals surface area contributed by atoms with Crippen LogP contribution in [0.1, 0.15) is 5.56 Å². The van der Waals surface area contributed by atoms with Gasteiger partial charge in [-0.3, -0.25) is 4.79 Å².